The highest BCUT2D eigenvalue weighted by Crippen LogP contribution is 2.29. The number of nitrogens with zero attached hydrogens (tertiary/aromatic N) is 4. The minimum Gasteiger partial charge on any atom is -0.351 e. The number of urea groups is 1. The van der Waals surface area contributed by atoms with E-state index in [0.29, 0.717) is 26.2 Å². The fraction of sp³-hybridized carbons (Fsp3) is 0.222. The lowest BCUT2D eigenvalue weighted by molar-refractivity contribution is 0.204. The molecule has 0 aliphatic carbocycles. The highest BCUT2D eigenvalue weighted by molar-refractivity contribution is 5.92. The van der Waals surface area contributed by atoms with Crippen LogP contribution in [0.3, 0.4) is 0 Å². The van der Waals surface area contributed by atoms with Crippen molar-refractivity contribution in [3.05, 3.63) is 54.3 Å². The van der Waals surface area contributed by atoms with E-state index in [1.807, 2.05) is 28.9 Å². The molecule has 1 aromatic heterocycles. The van der Waals surface area contributed by atoms with Crippen molar-refractivity contribution in [1.82, 2.24) is 14.7 Å². The van der Waals surface area contributed by atoms with Crippen LogP contribution < -0.4 is 10.6 Å². The van der Waals surface area contributed by atoms with Crippen molar-refractivity contribution >= 4 is 22.8 Å². The molecule has 0 radical (unpaired) electrons. The summed E-state index contributed by atoms with van der Waals surface area (Å²) in [4.78, 5) is 15.1. The molecule has 2 amide bonds. The normalized spacial score (nSPS) is 14.9. The average Bonchev–Trinajstić information content (AvgIpc) is 3.02. The van der Waals surface area contributed by atoms with Crippen molar-refractivity contribution in [3.8, 4) is 5.69 Å². The summed E-state index contributed by atoms with van der Waals surface area (Å²) >= 11 is 0. The van der Waals surface area contributed by atoms with Gasteiger partial charge in [0.15, 0.2) is 5.82 Å². The number of amides is 2. The molecule has 0 atom stereocenters. The number of halogens is 1. The zero-order valence-corrected chi connectivity index (χ0v) is 13.6. The first kappa shape index (κ1) is 15.4. The summed E-state index contributed by atoms with van der Waals surface area (Å²) in [6.45, 7) is 2.50. The van der Waals surface area contributed by atoms with Crippen LogP contribution in [0.4, 0.5) is 15.0 Å². The smallest absolute Gasteiger partial charge is 0.314 e. The fourth-order valence-corrected chi connectivity index (χ4v) is 3.20. The van der Waals surface area contributed by atoms with Crippen LogP contribution in [0, 0.1) is 5.82 Å². The second-order valence-corrected chi connectivity index (χ2v) is 6.04. The molecule has 7 heteroatoms. The average molecular weight is 339 g/mol. The number of anilines is 1. The number of aromatic nitrogens is 2. The molecule has 2 N–H and O–H groups in total. The minimum absolute atomic E-state index is 0.275. The number of hydrogen-bond donors (Lipinski definition) is 1. The van der Waals surface area contributed by atoms with E-state index in [2.05, 4.69) is 4.90 Å². The Morgan fingerprint density at radius 3 is 2.36 bits per heavy atom. The molecule has 1 aliphatic heterocycles. The second-order valence-electron chi connectivity index (χ2n) is 6.04. The number of piperazine rings is 1. The lowest BCUT2D eigenvalue weighted by Gasteiger charge is -2.34. The molecular formula is C18H18FN5O. The fourth-order valence-electron chi connectivity index (χ4n) is 3.20. The van der Waals surface area contributed by atoms with Crippen LogP contribution in [0.2, 0.25) is 0 Å². The Labute approximate surface area is 144 Å². The van der Waals surface area contributed by atoms with E-state index in [0.717, 1.165) is 22.4 Å². The molecule has 0 spiro atoms. The molecule has 1 saturated heterocycles. The Hall–Kier alpha value is -3.09. The van der Waals surface area contributed by atoms with Gasteiger partial charge in [0.25, 0.3) is 0 Å². The number of para-hydroxylation sites is 1. The molecule has 0 saturated carbocycles. The van der Waals surface area contributed by atoms with Gasteiger partial charge in [-0.05, 0) is 36.4 Å². The minimum atomic E-state index is -0.388. The second kappa shape index (κ2) is 6.08. The molecule has 2 heterocycles. The van der Waals surface area contributed by atoms with E-state index in [-0.39, 0.29) is 11.8 Å². The van der Waals surface area contributed by atoms with Crippen LogP contribution in [-0.2, 0) is 0 Å². The predicted octanol–water partition coefficient (Wildman–Crippen LogP) is 2.37. The Morgan fingerprint density at radius 1 is 1.00 bits per heavy atom. The molecule has 25 heavy (non-hydrogen) atoms. The van der Waals surface area contributed by atoms with Crippen molar-refractivity contribution in [3.63, 3.8) is 0 Å². The molecule has 1 aliphatic rings. The summed E-state index contributed by atoms with van der Waals surface area (Å²) in [7, 11) is 0. The maximum atomic E-state index is 13.2. The lowest BCUT2D eigenvalue weighted by Crippen LogP contribution is -2.50. The van der Waals surface area contributed by atoms with E-state index in [4.69, 9.17) is 10.8 Å². The highest BCUT2D eigenvalue weighted by Gasteiger charge is 2.23. The van der Waals surface area contributed by atoms with Crippen LogP contribution in [0.5, 0.6) is 0 Å². The molecule has 3 aromatic rings. The summed E-state index contributed by atoms with van der Waals surface area (Å²) < 4.78 is 15.1. The van der Waals surface area contributed by atoms with E-state index < -0.39 is 0 Å². The van der Waals surface area contributed by atoms with Gasteiger partial charge in [0, 0.05) is 31.6 Å². The van der Waals surface area contributed by atoms with E-state index >= 15 is 0 Å². The van der Waals surface area contributed by atoms with Crippen molar-refractivity contribution < 1.29 is 9.18 Å². The Bertz CT molecular complexity index is 913. The third kappa shape index (κ3) is 2.77. The quantitative estimate of drug-likeness (QED) is 0.779. The molecule has 128 valence electrons. The van der Waals surface area contributed by atoms with Gasteiger partial charge in [0.2, 0.25) is 0 Å². The molecule has 4 rings (SSSR count). The molecule has 2 aromatic carbocycles. The summed E-state index contributed by atoms with van der Waals surface area (Å²) in [5, 5.41) is 5.80. The maximum absolute atomic E-state index is 13.2. The number of rotatable bonds is 2. The van der Waals surface area contributed by atoms with Crippen molar-refractivity contribution in [1.29, 1.82) is 0 Å². The molecule has 1 fully saturated rings. The number of carbonyl (C=O) groups is 1. The van der Waals surface area contributed by atoms with Crippen LogP contribution in [0.25, 0.3) is 16.6 Å². The maximum Gasteiger partial charge on any atom is 0.314 e. The summed E-state index contributed by atoms with van der Waals surface area (Å²) in [6.07, 6.45) is 0. The Morgan fingerprint density at radius 2 is 1.68 bits per heavy atom. The van der Waals surface area contributed by atoms with Gasteiger partial charge in [-0.25, -0.2) is 13.9 Å². The van der Waals surface area contributed by atoms with Crippen LogP contribution in [0.15, 0.2) is 48.5 Å². The van der Waals surface area contributed by atoms with Crippen molar-refractivity contribution in [2.45, 2.75) is 0 Å². The number of nitrogens with two attached hydrogens (primary N) is 1. The number of fused-ring (bicyclic) bond motifs is 1. The molecule has 0 bridgehead atoms. The van der Waals surface area contributed by atoms with Crippen molar-refractivity contribution in [2.75, 3.05) is 31.1 Å². The monoisotopic (exact) mass is 339 g/mol. The van der Waals surface area contributed by atoms with Crippen molar-refractivity contribution in [2.24, 2.45) is 5.73 Å². The van der Waals surface area contributed by atoms with Gasteiger partial charge in [0.1, 0.15) is 5.82 Å². The first-order valence-corrected chi connectivity index (χ1v) is 8.16. The van der Waals surface area contributed by atoms with E-state index in [1.54, 1.807) is 17.0 Å². The third-order valence-electron chi connectivity index (χ3n) is 4.53. The third-order valence-corrected chi connectivity index (χ3v) is 4.53. The van der Waals surface area contributed by atoms with Gasteiger partial charge < -0.3 is 15.5 Å². The van der Waals surface area contributed by atoms with Gasteiger partial charge in [-0.2, -0.15) is 0 Å². The van der Waals surface area contributed by atoms with Crippen LogP contribution >= 0.6 is 0 Å². The Balaban J connectivity index is 1.73. The number of primary amides is 1. The topological polar surface area (TPSA) is 67.4 Å². The Kier molecular flexibility index (Phi) is 3.76. The first-order valence-electron chi connectivity index (χ1n) is 8.16. The van der Waals surface area contributed by atoms with Gasteiger partial charge in [-0.15, -0.1) is 5.10 Å². The summed E-state index contributed by atoms with van der Waals surface area (Å²) in [5.74, 6) is 0.590. The predicted molar refractivity (Wildman–Crippen MR) is 94.4 cm³/mol. The zero-order valence-electron chi connectivity index (χ0n) is 13.6. The largest absolute Gasteiger partial charge is 0.351 e. The molecular weight excluding hydrogens is 321 g/mol. The number of carbonyl (C=O) groups excluding carboxylic acids is 1. The van der Waals surface area contributed by atoms with Crippen LogP contribution in [0.1, 0.15) is 0 Å². The van der Waals surface area contributed by atoms with Crippen LogP contribution in [-0.4, -0.2) is 46.9 Å². The molecule has 0 unspecified atom stereocenters. The first-order chi connectivity index (χ1) is 12.1. The summed E-state index contributed by atoms with van der Waals surface area (Å²) in [5.41, 5.74) is 7.12. The number of benzene rings is 2. The SMILES string of the molecule is NC(=O)N1CCN(c2nn(-c3ccc(F)cc3)c3ccccc23)CC1. The zero-order chi connectivity index (χ0) is 17.4. The van der Waals surface area contributed by atoms with E-state index in [1.165, 1.54) is 12.1 Å². The summed E-state index contributed by atoms with van der Waals surface area (Å²) in [6, 6.07) is 13.8. The van der Waals surface area contributed by atoms with Gasteiger partial charge >= 0.3 is 6.03 Å². The van der Waals surface area contributed by atoms with E-state index in [9.17, 15) is 9.18 Å². The van der Waals surface area contributed by atoms with Gasteiger partial charge in [0.05, 0.1) is 11.2 Å². The lowest BCUT2D eigenvalue weighted by atomic mass is 10.2. The van der Waals surface area contributed by atoms with Gasteiger partial charge in [-0.3, -0.25) is 0 Å². The van der Waals surface area contributed by atoms with Gasteiger partial charge in [-0.1, -0.05) is 12.1 Å². The molecule has 6 nitrogen and oxygen atoms in total. The number of hydrogen-bond acceptors (Lipinski definition) is 3. The highest BCUT2D eigenvalue weighted by atomic mass is 19.1. The standard InChI is InChI=1S/C18H18FN5O/c19-13-5-7-14(8-6-13)24-16-4-2-1-3-15(16)17(21-24)22-9-11-23(12-10-22)18(20)25/h1-8H,9-12H2,(H2,20,25).